The molecule has 2 aromatic heterocycles. The van der Waals surface area contributed by atoms with Crippen LogP contribution in [0.3, 0.4) is 0 Å². The number of furan rings is 1. The van der Waals surface area contributed by atoms with Crippen LogP contribution >= 0.6 is 27.5 Å². The number of nitrogens with zero attached hydrogens (tertiary/aromatic N) is 6. The molecule has 0 aliphatic carbocycles. The number of unbranched alkanes of at least 4 members (excludes halogenated alkanes) is 1. The van der Waals surface area contributed by atoms with E-state index in [1.807, 2.05) is 34.9 Å². The van der Waals surface area contributed by atoms with Gasteiger partial charge in [0.05, 0.1) is 12.3 Å². The largest absolute Gasteiger partial charge is 0.448 e. The van der Waals surface area contributed by atoms with E-state index in [2.05, 4.69) is 60.6 Å². The second-order valence-electron chi connectivity index (χ2n) is 8.07. The topological polar surface area (TPSA) is 101 Å². The molecule has 3 heterocycles. The number of aliphatic hydroxyl groups excluding tert-OH is 1. The zero-order valence-corrected chi connectivity index (χ0v) is 20.8. The summed E-state index contributed by atoms with van der Waals surface area (Å²) in [4.78, 5) is 4.49. The Morgan fingerprint density at radius 1 is 1.12 bits per heavy atom. The van der Waals surface area contributed by atoms with Crippen molar-refractivity contribution in [3.05, 3.63) is 74.9 Å². The Bertz CT molecular complexity index is 1400. The Hall–Kier alpha value is -2.88. The third kappa shape index (κ3) is 4.19. The summed E-state index contributed by atoms with van der Waals surface area (Å²) in [6.45, 7) is 2.53. The summed E-state index contributed by atoms with van der Waals surface area (Å²) in [5, 5.41) is 27.6. The molecule has 0 atom stereocenters. The van der Waals surface area contributed by atoms with Gasteiger partial charge in [-0.05, 0) is 44.4 Å². The van der Waals surface area contributed by atoms with Gasteiger partial charge >= 0.3 is 0 Å². The lowest BCUT2D eigenvalue weighted by molar-refractivity contribution is 0.271. The molecular weight excluding hydrogens is 520 g/mol. The molecule has 1 aliphatic heterocycles. The Morgan fingerprint density at radius 2 is 1.91 bits per heavy atom. The second-order valence-corrected chi connectivity index (χ2v) is 9.15. The van der Waals surface area contributed by atoms with Crippen molar-refractivity contribution in [1.82, 2.24) is 9.55 Å². The van der Waals surface area contributed by atoms with E-state index in [0.717, 1.165) is 58.3 Å². The molecule has 8 nitrogen and oxygen atoms in total. The van der Waals surface area contributed by atoms with Gasteiger partial charge in [-0.3, -0.25) is 0 Å². The van der Waals surface area contributed by atoms with Crippen LogP contribution in [0.5, 0.6) is 0 Å². The molecule has 0 unspecified atom stereocenters. The monoisotopic (exact) mass is 540 g/mol. The highest BCUT2D eigenvalue weighted by Crippen LogP contribution is 2.41. The molecule has 5 rings (SSSR count). The van der Waals surface area contributed by atoms with E-state index in [0.29, 0.717) is 22.1 Å². The summed E-state index contributed by atoms with van der Waals surface area (Å²) >= 11 is 9.91. The lowest BCUT2D eigenvalue weighted by Gasteiger charge is -2.12. The fourth-order valence-corrected chi connectivity index (χ4v) is 4.97. The van der Waals surface area contributed by atoms with Gasteiger partial charge in [0.15, 0.2) is 9.82 Å². The predicted octanol–water partition coefficient (Wildman–Crippen LogP) is 7.43. The molecule has 174 valence electrons. The van der Waals surface area contributed by atoms with Gasteiger partial charge in [0.2, 0.25) is 6.17 Å². The molecule has 4 aromatic rings. The fourth-order valence-electron chi connectivity index (χ4n) is 4.22. The minimum atomic E-state index is -0.473. The number of imidazole rings is 1. The van der Waals surface area contributed by atoms with Crippen LogP contribution in [-0.4, -0.2) is 14.7 Å². The van der Waals surface area contributed by atoms with Gasteiger partial charge in [0.25, 0.3) is 0 Å². The van der Waals surface area contributed by atoms with Crippen molar-refractivity contribution in [2.45, 2.75) is 45.5 Å². The van der Waals surface area contributed by atoms with E-state index in [1.165, 1.54) is 0 Å². The molecule has 0 bridgehead atoms. The van der Waals surface area contributed by atoms with E-state index < -0.39 is 6.17 Å². The molecule has 1 aliphatic rings. The first-order valence-electron chi connectivity index (χ1n) is 11.1. The second kappa shape index (κ2) is 9.77. The normalized spacial score (nSPS) is 13.5. The summed E-state index contributed by atoms with van der Waals surface area (Å²) in [5.74, 6) is 1.61. The first kappa shape index (κ1) is 22.9. The average molecular weight is 542 g/mol. The molecule has 10 heteroatoms. The first-order chi connectivity index (χ1) is 16.6. The van der Waals surface area contributed by atoms with E-state index in [4.69, 9.17) is 16.0 Å². The Morgan fingerprint density at radius 3 is 2.68 bits per heavy atom. The lowest BCUT2D eigenvalue weighted by Crippen LogP contribution is -2.09. The average Bonchev–Trinajstić information content (AvgIpc) is 3.56. The molecular formula is C24H22BrClN6O2. The summed E-state index contributed by atoms with van der Waals surface area (Å²) < 4.78 is 8.83. The van der Waals surface area contributed by atoms with Crippen molar-refractivity contribution in [2.24, 2.45) is 20.7 Å². The van der Waals surface area contributed by atoms with Gasteiger partial charge in [-0.25, -0.2) is 4.98 Å². The van der Waals surface area contributed by atoms with Crippen molar-refractivity contribution in [1.29, 1.82) is 0 Å². The van der Waals surface area contributed by atoms with E-state index >= 15 is 0 Å². The summed E-state index contributed by atoms with van der Waals surface area (Å²) in [6, 6.07) is 14.0. The van der Waals surface area contributed by atoms with Gasteiger partial charge < -0.3 is 14.1 Å². The minimum absolute atomic E-state index is 0.160. The smallest absolute Gasteiger partial charge is 0.211 e. The lowest BCUT2D eigenvalue weighted by atomic mass is 10.00. The standard InChI is InChI=1S/C24H22BrClN6O2/c1-2-3-8-20-27-23(26)19(13-33)32(20)12-14-9-10-16-18(11-14)22(25)34-21(16)15-6-4-5-7-17(15)24-28-30-31-29-24/h4-7,9-11,24,33H,2-3,8,12-13H2,1H3. The summed E-state index contributed by atoms with van der Waals surface area (Å²) in [6.07, 6.45) is 2.40. The molecule has 1 N–H and O–H groups in total. The van der Waals surface area contributed by atoms with Crippen LogP contribution in [0, 0.1) is 0 Å². The maximum Gasteiger partial charge on any atom is 0.211 e. The SMILES string of the molecule is CCCCc1nc(Cl)c(CO)n1Cc1ccc2c(-c3ccccc3C3N=NN=N3)oc(Br)c2c1. The zero-order chi connectivity index (χ0) is 23.7. The van der Waals surface area contributed by atoms with E-state index in [-0.39, 0.29) is 6.61 Å². The molecule has 0 spiro atoms. The maximum absolute atomic E-state index is 9.88. The quantitative estimate of drug-likeness (QED) is 0.251. The number of rotatable bonds is 8. The number of benzene rings is 2. The molecule has 34 heavy (non-hydrogen) atoms. The number of hydrogen-bond donors (Lipinski definition) is 1. The Labute approximate surface area is 209 Å². The first-order valence-corrected chi connectivity index (χ1v) is 12.2. The van der Waals surface area contributed by atoms with Crippen LogP contribution in [0.25, 0.3) is 22.1 Å². The van der Waals surface area contributed by atoms with Crippen molar-refractivity contribution < 1.29 is 9.52 Å². The maximum atomic E-state index is 9.88. The van der Waals surface area contributed by atoms with Crippen molar-refractivity contribution in [3.63, 3.8) is 0 Å². The number of aliphatic hydroxyl groups is 1. The summed E-state index contributed by atoms with van der Waals surface area (Å²) in [5.41, 5.74) is 3.45. The molecule has 0 fully saturated rings. The van der Waals surface area contributed by atoms with Gasteiger partial charge in [0, 0.05) is 34.9 Å². The predicted molar refractivity (Wildman–Crippen MR) is 133 cm³/mol. The van der Waals surface area contributed by atoms with Crippen LogP contribution in [0.4, 0.5) is 0 Å². The van der Waals surface area contributed by atoms with Crippen LogP contribution in [0.2, 0.25) is 5.15 Å². The van der Waals surface area contributed by atoms with E-state index in [9.17, 15) is 5.11 Å². The van der Waals surface area contributed by atoms with Gasteiger partial charge in [0.1, 0.15) is 11.6 Å². The highest BCUT2D eigenvalue weighted by molar-refractivity contribution is 9.10. The minimum Gasteiger partial charge on any atom is -0.448 e. The molecule has 0 saturated heterocycles. The van der Waals surface area contributed by atoms with Crippen LogP contribution in [-0.2, 0) is 19.6 Å². The zero-order valence-electron chi connectivity index (χ0n) is 18.4. The van der Waals surface area contributed by atoms with Gasteiger partial charge in [-0.15, -0.1) is 10.2 Å². The van der Waals surface area contributed by atoms with Crippen molar-refractivity contribution in [3.8, 4) is 11.3 Å². The number of aromatic nitrogens is 2. The van der Waals surface area contributed by atoms with Crippen LogP contribution in [0.1, 0.15) is 48.6 Å². The summed E-state index contributed by atoms with van der Waals surface area (Å²) in [7, 11) is 0. The van der Waals surface area contributed by atoms with Crippen molar-refractivity contribution in [2.75, 3.05) is 0 Å². The molecule has 0 amide bonds. The van der Waals surface area contributed by atoms with Gasteiger partial charge in [-0.2, -0.15) is 0 Å². The number of hydrogen-bond acceptors (Lipinski definition) is 7. The molecule has 0 radical (unpaired) electrons. The highest BCUT2D eigenvalue weighted by atomic mass is 79.9. The Kier molecular flexibility index (Phi) is 6.58. The van der Waals surface area contributed by atoms with Crippen molar-refractivity contribution >= 4 is 38.3 Å². The fraction of sp³-hybridized carbons (Fsp3) is 0.292. The number of fused-ring (bicyclic) bond motifs is 1. The number of aryl methyl sites for hydroxylation is 1. The number of halogens is 2. The van der Waals surface area contributed by atoms with Crippen LogP contribution < -0.4 is 0 Å². The van der Waals surface area contributed by atoms with Gasteiger partial charge in [-0.1, -0.05) is 61.3 Å². The Balaban J connectivity index is 1.54. The van der Waals surface area contributed by atoms with E-state index in [1.54, 1.807) is 0 Å². The molecule has 0 saturated carbocycles. The third-order valence-corrected chi connectivity index (χ3v) is 6.82. The van der Waals surface area contributed by atoms with Crippen LogP contribution in [0.15, 0.2) is 72.2 Å². The highest BCUT2D eigenvalue weighted by Gasteiger charge is 2.23. The molecule has 2 aromatic carbocycles. The third-order valence-electron chi connectivity index (χ3n) is 5.92.